The summed E-state index contributed by atoms with van der Waals surface area (Å²) in [6.07, 6.45) is 2.63. The highest BCUT2D eigenvalue weighted by atomic mass is 15.1. The molecule has 0 spiro atoms. The quantitative estimate of drug-likeness (QED) is 0.890. The lowest BCUT2D eigenvalue weighted by atomic mass is 9.90. The molecule has 2 nitrogen and oxygen atoms in total. The van der Waals surface area contributed by atoms with Gasteiger partial charge >= 0.3 is 0 Å². The second kappa shape index (κ2) is 5.96. The molecule has 0 radical (unpaired) electrons. The minimum Gasteiger partial charge on any atom is -0.382 e. The van der Waals surface area contributed by atoms with Crippen LogP contribution in [0.4, 0.5) is 5.69 Å². The molecule has 1 aliphatic heterocycles. The number of likely N-dealkylation sites (tertiary alicyclic amines) is 1. The minimum atomic E-state index is 0.564. The summed E-state index contributed by atoms with van der Waals surface area (Å²) in [4.78, 5) is 2.44. The first kappa shape index (κ1) is 14.4. The van der Waals surface area contributed by atoms with E-state index in [1.807, 2.05) is 0 Å². The number of hydrogen-bond donors (Lipinski definition) is 1. The number of hydrogen-bond acceptors (Lipinski definition) is 2. The van der Waals surface area contributed by atoms with Gasteiger partial charge in [-0.15, -0.1) is 0 Å². The Morgan fingerprint density at radius 2 is 1.63 bits per heavy atom. The third-order valence-corrected chi connectivity index (χ3v) is 4.52. The summed E-state index contributed by atoms with van der Waals surface area (Å²) in [6.45, 7) is 11.4. The summed E-state index contributed by atoms with van der Waals surface area (Å²) in [7, 11) is 2.22. The van der Waals surface area contributed by atoms with E-state index in [4.69, 9.17) is 0 Å². The van der Waals surface area contributed by atoms with Crippen LogP contribution in [0, 0.1) is 26.7 Å². The Bertz CT molecular complexity index is 408. The number of nitrogens with zero attached hydrogens (tertiary/aromatic N) is 1. The van der Waals surface area contributed by atoms with Crippen LogP contribution < -0.4 is 5.32 Å². The van der Waals surface area contributed by atoms with Gasteiger partial charge in [0.1, 0.15) is 0 Å². The molecule has 1 atom stereocenters. The topological polar surface area (TPSA) is 15.3 Å². The Hall–Kier alpha value is -1.02. The molecule has 1 heterocycles. The lowest BCUT2D eigenvalue weighted by Gasteiger charge is -2.34. The smallest absolute Gasteiger partial charge is 0.0401 e. The lowest BCUT2D eigenvalue weighted by molar-refractivity contribution is 0.208. The van der Waals surface area contributed by atoms with Crippen molar-refractivity contribution in [2.24, 2.45) is 5.92 Å². The van der Waals surface area contributed by atoms with Crippen molar-refractivity contribution in [2.45, 2.75) is 46.6 Å². The van der Waals surface area contributed by atoms with E-state index in [2.05, 4.69) is 57.1 Å². The Labute approximate surface area is 118 Å². The molecule has 0 bridgehead atoms. The molecule has 19 heavy (non-hydrogen) atoms. The molecule has 1 fully saturated rings. The summed E-state index contributed by atoms with van der Waals surface area (Å²) in [5.41, 5.74) is 5.44. The molecule has 1 aromatic carbocycles. The largest absolute Gasteiger partial charge is 0.382 e. The first-order valence-corrected chi connectivity index (χ1v) is 7.50. The maximum absolute atomic E-state index is 3.77. The maximum atomic E-state index is 3.77. The van der Waals surface area contributed by atoms with Crippen LogP contribution in [0.15, 0.2) is 12.1 Å². The van der Waals surface area contributed by atoms with E-state index in [-0.39, 0.29) is 0 Å². The molecule has 0 amide bonds. The summed E-state index contributed by atoms with van der Waals surface area (Å²) >= 11 is 0. The van der Waals surface area contributed by atoms with E-state index in [9.17, 15) is 0 Å². The Kier molecular flexibility index (Phi) is 4.51. The molecule has 0 saturated carbocycles. The molecule has 0 aromatic heterocycles. The van der Waals surface area contributed by atoms with Crippen molar-refractivity contribution in [3.63, 3.8) is 0 Å². The van der Waals surface area contributed by atoms with Crippen molar-refractivity contribution in [1.82, 2.24) is 4.90 Å². The monoisotopic (exact) mass is 260 g/mol. The van der Waals surface area contributed by atoms with Crippen molar-refractivity contribution in [1.29, 1.82) is 0 Å². The fourth-order valence-electron chi connectivity index (χ4n) is 3.28. The molecule has 106 valence electrons. The fraction of sp³-hybridized carbons (Fsp3) is 0.647. The van der Waals surface area contributed by atoms with Gasteiger partial charge < -0.3 is 10.2 Å². The predicted molar refractivity (Wildman–Crippen MR) is 84.0 cm³/mol. The average Bonchev–Trinajstić information content (AvgIpc) is 2.34. The van der Waals surface area contributed by atoms with Crippen LogP contribution in [0.25, 0.3) is 0 Å². The van der Waals surface area contributed by atoms with Gasteiger partial charge in [0.05, 0.1) is 0 Å². The van der Waals surface area contributed by atoms with E-state index in [1.54, 1.807) is 0 Å². The zero-order valence-corrected chi connectivity index (χ0v) is 13.1. The van der Waals surface area contributed by atoms with E-state index >= 15 is 0 Å². The van der Waals surface area contributed by atoms with Crippen molar-refractivity contribution in [3.8, 4) is 0 Å². The molecule has 2 heteroatoms. The van der Waals surface area contributed by atoms with Gasteiger partial charge in [-0.1, -0.05) is 17.7 Å². The van der Waals surface area contributed by atoms with E-state index < -0.39 is 0 Å². The van der Waals surface area contributed by atoms with Gasteiger partial charge in [-0.05, 0) is 77.7 Å². The zero-order valence-electron chi connectivity index (χ0n) is 13.1. The van der Waals surface area contributed by atoms with E-state index in [0.29, 0.717) is 6.04 Å². The summed E-state index contributed by atoms with van der Waals surface area (Å²) in [6, 6.07) is 5.11. The molecular weight excluding hydrogens is 232 g/mol. The first-order chi connectivity index (χ1) is 8.97. The highest BCUT2D eigenvalue weighted by Gasteiger charge is 2.22. The van der Waals surface area contributed by atoms with Crippen LogP contribution in [-0.2, 0) is 0 Å². The summed E-state index contributed by atoms with van der Waals surface area (Å²) < 4.78 is 0. The molecule has 1 N–H and O–H groups in total. The van der Waals surface area contributed by atoms with Crippen molar-refractivity contribution >= 4 is 5.69 Å². The van der Waals surface area contributed by atoms with Crippen LogP contribution in [0.2, 0.25) is 0 Å². The minimum absolute atomic E-state index is 0.564. The number of benzene rings is 1. The molecule has 1 unspecified atom stereocenters. The van der Waals surface area contributed by atoms with Crippen molar-refractivity contribution < 1.29 is 0 Å². The normalized spacial score (nSPS) is 19.4. The molecule has 2 rings (SSSR count). The molecular formula is C17H28N2. The second-order valence-corrected chi connectivity index (χ2v) is 6.35. The van der Waals surface area contributed by atoms with Gasteiger partial charge in [0, 0.05) is 11.7 Å². The third kappa shape index (κ3) is 3.50. The van der Waals surface area contributed by atoms with Crippen molar-refractivity contribution in [3.05, 3.63) is 28.8 Å². The predicted octanol–water partition coefficient (Wildman–Crippen LogP) is 3.75. The van der Waals surface area contributed by atoms with Crippen LogP contribution in [-0.4, -0.2) is 31.1 Å². The number of anilines is 1. The zero-order chi connectivity index (χ0) is 14.0. The van der Waals surface area contributed by atoms with E-state index in [1.165, 1.54) is 48.3 Å². The SMILES string of the molecule is Cc1cc(C)c(NC(C)C2CCN(C)CC2)c(C)c1. The third-order valence-electron chi connectivity index (χ3n) is 4.52. The van der Waals surface area contributed by atoms with Crippen LogP contribution >= 0.6 is 0 Å². The van der Waals surface area contributed by atoms with E-state index in [0.717, 1.165) is 5.92 Å². The van der Waals surface area contributed by atoms with Gasteiger partial charge in [0.2, 0.25) is 0 Å². The standard InChI is InChI=1S/C17H28N2/c1-12-10-13(2)17(14(3)11-12)18-15(4)16-6-8-19(5)9-7-16/h10-11,15-16,18H,6-9H2,1-5H3. The Morgan fingerprint density at radius 3 is 2.16 bits per heavy atom. The highest BCUT2D eigenvalue weighted by Crippen LogP contribution is 2.27. The molecule has 1 saturated heterocycles. The maximum Gasteiger partial charge on any atom is 0.0401 e. The first-order valence-electron chi connectivity index (χ1n) is 7.50. The Morgan fingerprint density at radius 1 is 1.11 bits per heavy atom. The number of piperidine rings is 1. The molecule has 1 aromatic rings. The molecule has 0 aliphatic carbocycles. The van der Waals surface area contributed by atoms with Crippen LogP contribution in [0.1, 0.15) is 36.5 Å². The highest BCUT2D eigenvalue weighted by molar-refractivity contribution is 5.58. The number of rotatable bonds is 3. The van der Waals surface area contributed by atoms with Gasteiger partial charge in [0.25, 0.3) is 0 Å². The van der Waals surface area contributed by atoms with Crippen LogP contribution in [0.3, 0.4) is 0 Å². The number of aryl methyl sites for hydroxylation is 3. The number of nitrogens with one attached hydrogen (secondary N) is 1. The average molecular weight is 260 g/mol. The van der Waals surface area contributed by atoms with Gasteiger partial charge in [-0.3, -0.25) is 0 Å². The summed E-state index contributed by atoms with van der Waals surface area (Å²) in [5, 5.41) is 3.77. The van der Waals surface area contributed by atoms with Crippen LogP contribution in [0.5, 0.6) is 0 Å². The van der Waals surface area contributed by atoms with Gasteiger partial charge in [-0.25, -0.2) is 0 Å². The van der Waals surface area contributed by atoms with Gasteiger partial charge in [0.15, 0.2) is 0 Å². The molecule has 1 aliphatic rings. The Balaban J connectivity index is 2.04. The fourth-order valence-corrected chi connectivity index (χ4v) is 3.28. The lowest BCUT2D eigenvalue weighted by Crippen LogP contribution is -2.37. The summed E-state index contributed by atoms with van der Waals surface area (Å²) in [5.74, 6) is 0.802. The van der Waals surface area contributed by atoms with Gasteiger partial charge in [-0.2, -0.15) is 0 Å². The second-order valence-electron chi connectivity index (χ2n) is 6.35. The van der Waals surface area contributed by atoms with Crippen molar-refractivity contribution in [2.75, 3.05) is 25.5 Å².